The number of nitrogens with one attached hydrogen (secondary N) is 1. The summed E-state index contributed by atoms with van der Waals surface area (Å²) in [6.07, 6.45) is 5.62. The molecule has 1 rings (SSSR count). The Morgan fingerprint density at radius 1 is 1.38 bits per heavy atom. The zero-order valence-corrected chi connectivity index (χ0v) is 8.81. The quantitative estimate of drug-likeness (QED) is 0.673. The first kappa shape index (κ1) is 10.6. The van der Waals surface area contributed by atoms with Crippen molar-refractivity contribution in [3.63, 3.8) is 0 Å². The lowest BCUT2D eigenvalue weighted by Gasteiger charge is -2.12. The summed E-state index contributed by atoms with van der Waals surface area (Å²) in [7, 11) is 0. The fourth-order valence-corrected chi connectivity index (χ4v) is 1.49. The molecule has 0 heterocycles. The van der Waals surface area contributed by atoms with E-state index in [-0.39, 0.29) is 5.91 Å². The first-order valence-corrected chi connectivity index (χ1v) is 5.52. The topological polar surface area (TPSA) is 29.1 Å². The molecule has 0 saturated heterocycles. The minimum Gasteiger partial charge on any atom is -0.356 e. The van der Waals surface area contributed by atoms with Gasteiger partial charge in [-0.2, -0.15) is 0 Å². The molecule has 2 heteroatoms. The van der Waals surface area contributed by atoms with E-state index in [1.807, 2.05) is 0 Å². The number of carbonyl (C=O) groups excluding carboxylic acids is 1. The Hall–Kier alpha value is -0.530. The van der Waals surface area contributed by atoms with E-state index < -0.39 is 0 Å². The number of amides is 1. The Morgan fingerprint density at radius 3 is 2.46 bits per heavy atom. The third-order valence-corrected chi connectivity index (χ3v) is 2.91. The van der Waals surface area contributed by atoms with Crippen LogP contribution in [-0.2, 0) is 4.79 Å². The lowest BCUT2D eigenvalue weighted by Crippen LogP contribution is -2.28. The van der Waals surface area contributed by atoms with Gasteiger partial charge < -0.3 is 5.32 Å². The average Bonchev–Trinajstić information content (AvgIpc) is 2.90. The van der Waals surface area contributed by atoms with Crippen molar-refractivity contribution in [1.82, 2.24) is 5.32 Å². The van der Waals surface area contributed by atoms with E-state index in [0.717, 1.165) is 13.0 Å². The summed E-state index contributed by atoms with van der Waals surface area (Å²) in [5.41, 5.74) is 0. The second kappa shape index (κ2) is 5.25. The third kappa shape index (κ3) is 4.30. The Labute approximate surface area is 81.1 Å². The van der Waals surface area contributed by atoms with Crippen molar-refractivity contribution in [2.75, 3.05) is 6.54 Å². The van der Waals surface area contributed by atoms with Crippen LogP contribution in [0, 0.1) is 11.8 Å². The minimum absolute atomic E-state index is 0.259. The Bertz CT molecular complexity index is 159. The van der Waals surface area contributed by atoms with Crippen molar-refractivity contribution in [3.8, 4) is 0 Å². The highest BCUT2D eigenvalue weighted by Gasteiger charge is 2.24. The van der Waals surface area contributed by atoms with Gasteiger partial charge in [-0.05, 0) is 24.7 Å². The fraction of sp³-hybridized carbons (Fsp3) is 0.909. The molecule has 13 heavy (non-hydrogen) atoms. The lowest BCUT2D eigenvalue weighted by atomic mass is 10.0. The van der Waals surface area contributed by atoms with Crippen molar-refractivity contribution >= 4 is 5.91 Å². The van der Waals surface area contributed by atoms with Crippen molar-refractivity contribution < 1.29 is 4.79 Å². The summed E-state index contributed by atoms with van der Waals surface area (Å²) in [5, 5.41) is 3.02. The van der Waals surface area contributed by atoms with E-state index in [9.17, 15) is 4.79 Å². The number of rotatable bonds is 6. The molecule has 1 aliphatic rings. The van der Waals surface area contributed by atoms with Gasteiger partial charge in [-0.1, -0.05) is 26.7 Å². The summed E-state index contributed by atoms with van der Waals surface area (Å²) in [6, 6.07) is 0. The average molecular weight is 183 g/mol. The monoisotopic (exact) mass is 183 g/mol. The molecule has 0 aromatic carbocycles. The molecular formula is C11H21NO. The minimum atomic E-state index is 0.259. The van der Waals surface area contributed by atoms with Crippen LogP contribution in [0.2, 0.25) is 0 Å². The molecule has 1 saturated carbocycles. The molecular weight excluding hydrogens is 162 g/mol. The van der Waals surface area contributed by atoms with Gasteiger partial charge in [-0.3, -0.25) is 4.79 Å². The lowest BCUT2D eigenvalue weighted by molar-refractivity contribution is -0.121. The molecule has 1 amide bonds. The summed E-state index contributed by atoms with van der Waals surface area (Å²) < 4.78 is 0. The van der Waals surface area contributed by atoms with E-state index in [0.29, 0.717) is 11.8 Å². The van der Waals surface area contributed by atoms with Crippen molar-refractivity contribution in [2.24, 2.45) is 11.8 Å². The number of hydrogen-bond acceptors (Lipinski definition) is 1. The van der Waals surface area contributed by atoms with Gasteiger partial charge in [0.05, 0.1) is 0 Å². The maximum Gasteiger partial charge on any atom is 0.220 e. The van der Waals surface area contributed by atoms with Crippen LogP contribution in [0.25, 0.3) is 0 Å². The zero-order chi connectivity index (χ0) is 9.68. The maximum atomic E-state index is 11.3. The van der Waals surface area contributed by atoms with Crippen LogP contribution in [0.3, 0.4) is 0 Å². The molecule has 0 bridgehead atoms. The molecule has 1 N–H and O–H groups in total. The van der Waals surface area contributed by atoms with Crippen molar-refractivity contribution in [3.05, 3.63) is 0 Å². The molecule has 1 aliphatic carbocycles. The molecule has 1 fully saturated rings. The summed E-state index contributed by atoms with van der Waals surface area (Å²) >= 11 is 0. The molecule has 0 atom stereocenters. The SMILES string of the molecule is CCC(CC)CNC(=O)CC1CC1. The smallest absolute Gasteiger partial charge is 0.220 e. The van der Waals surface area contributed by atoms with Gasteiger partial charge in [0.25, 0.3) is 0 Å². The number of hydrogen-bond donors (Lipinski definition) is 1. The van der Waals surface area contributed by atoms with Gasteiger partial charge >= 0.3 is 0 Å². The van der Waals surface area contributed by atoms with Gasteiger partial charge in [0.2, 0.25) is 5.91 Å². The Morgan fingerprint density at radius 2 is 2.00 bits per heavy atom. The second-order valence-corrected chi connectivity index (χ2v) is 4.13. The van der Waals surface area contributed by atoms with Gasteiger partial charge in [-0.25, -0.2) is 0 Å². The van der Waals surface area contributed by atoms with Crippen molar-refractivity contribution in [2.45, 2.75) is 46.0 Å². The van der Waals surface area contributed by atoms with Gasteiger partial charge in [0, 0.05) is 13.0 Å². The molecule has 0 aromatic rings. The van der Waals surface area contributed by atoms with Crippen LogP contribution < -0.4 is 5.32 Å². The van der Waals surface area contributed by atoms with Gasteiger partial charge in [-0.15, -0.1) is 0 Å². The van der Waals surface area contributed by atoms with Crippen LogP contribution in [0.4, 0.5) is 0 Å². The van der Waals surface area contributed by atoms with E-state index >= 15 is 0 Å². The van der Waals surface area contributed by atoms with Gasteiger partial charge in [0.1, 0.15) is 0 Å². The molecule has 0 aliphatic heterocycles. The molecule has 0 radical (unpaired) electrons. The zero-order valence-electron chi connectivity index (χ0n) is 8.81. The highest BCUT2D eigenvalue weighted by Crippen LogP contribution is 2.32. The van der Waals surface area contributed by atoms with Crippen LogP contribution in [0.5, 0.6) is 0 Å². The maximum absolute atomic E-state index is 11.3. The van der Waals surface area contributed by atoms with Crippen LogP contribution in [0.15, 0.2) is 0 Å². The Balaban J connectivity index is 2.05. The summed E-state index contributed by atoms with van der Waals surface area (Å²) in [5.74, 6) is 1.64. The van der Waals surface area contributed by atoms with Crippen LogP contribution in [0.1, 0.15) is 46.0 Å². The van der Waals surface area contributed by atoms with Crippen molar-refractivity contribution in [1.29, 1.82) is 0 Å². The molecule has 0 unspecified atom stereocenters. The molecule has 76 valence electrons. The van der Waals surface area contributed by atoms with E-state index in [1.54, 1.807) is 0 Å². The largest absolute Gasteiger partial charge is 0.356 e. The van der Waals surface area contributed by atoms with E-state index in [2.05, 4.69) is 19.2 Å². The standard InChI is InChI=1S/C11H21NO/c1-3-9(4-2)8-12-11(13)7-10-5-6-10/h9-10H,3-8H2,1-2H3,(H,12,13). The third-order valence-electron chi connectivity index (χ3n) is 2.91. The molecule has 0 spiro atoms. The van der Waals surface area contributed by atoms with Crippen LogP contribution >= 0.6 is 0 Å². The number of carbonyl (C=O) groups is 1. The first-order valence-electron chi connectivity index (χ1n) is 5.52. The normalized spacial score (nSPS) is 16.2. The fourth-order valence-electron chi connectivity index (χ4n) is 1.49. The summed E-state index contributed by atoms with van der Waals surface area (Å²) in [4.78, 5) is 11.3. The highest BCUT2D eigenvalue weighted by molar-refractivity contribution is 5.76. The molecule has 2 nitrogen and oxygen atoms in total. The predicted molar refractivity (Wildman–Crippen MR) is 54.4 cm³/mol. The van der Waals surface area contributed by atoms with E-state index in [1.165, 1.54) is 25.7 Å². The summed E-state index contributed by atoms with van der Waals surface area (Å²) in [6.45, 7) is 5.24. The Kier molecular flexibility index (Phi) is 4.26. The highest BCUT2D eigenvalue weighted by atomic mass is 16.1. The van der Waals surface area contributed by atoms with E-state index in [4.69, 9.17) is 0 Å². The van der Waals surface area contributed by atoms with Crippen LogP contribution in [-0.4, -0.2) is 12.5 Å². The predicted octanol–water partition coefficient (Wildman–Crippen LogP) is 2.34. The van der Waals surface area contributed by atoms with Gasteiger partial charge in [0.15, 0.2) is 0 Å². The first-order chi connectivity index (χ1) is 6.26. The second-order valence-electron chi connectivity index (χ2n) is 4.13. The molecule has 0 aromatic heterocycles.